The summed E-state index contributed by atoms with van der Waals surface area (Å²) in [5, 5.41) is 3.90. The molecular weight excluding hydrogens is 260 g/mol. The van der Waals surface area contributed by atoms with Crippen LogP contribution in [0.1, 0.15) is 50.6 Å². The molecule has 3 heteroatoms. The van der Waals surface area contributed by atoms with Crippen molar-refractivity contribution in [2.75, 3.05) is 20.2 Å². The van der Waals surface area contributed by atoms with Gasteiger partial charge in [-0.1, -0.05) is 19.1 Å². The zero-order valence-corrected chi connectivity index (χ0v) is 13.3. The Bertz CT molecular complexity index is 445. The molecule has 0 radical (unpaired) electrons. The molecule has 2 fully saturated rings. The molecule has 0 amide bonds. The van der Waals surface area contributed by atoms with Crippen LogP contribution in [0.2, 0.25) is 0 Å². The van der Waals surface area contributed by atoms with Gasteiger partial charge in [-0.2, -0.15) is 0 Å². The third-order valence-electron chi connectivity index (χ3n) is 5.18. The number of nitrogens with zero attached hydrogens (tertiary/aromatic N) is 1. The van der Waals surface area contributed by atoms with Crippen LogP contribution in [0.25, 0.3) is 0 Å². The molecule has 2 aliphatic heterocycles. The molecular formula is C18H28N2O. The first kappa shape index (κ1) is 14.9. The number of hydrogen-bond acceptors (Lipinski definition) is 3. The van der Waals surface area contributed by atoms with Gasteiger partial charge in [-0.25, -0.2) is 0 Å². The normalized spacial score (nSPS) is 27.3. The predicted octanol–water partition coefficient (Wildman–Crippen LogP) is 3.36. The minimum Gasteiger partial charge on any atom is -0.497 e. The third-order valence-corrected chi connectivity index (χ3v) is 5.18. The van der Waals surface area contributed by atoms with E-state index in [0.29, 0.717) is 12.1 Å². The zero-order chi connectivity index (χ0) is 14.7. The van der Waals surface area contributed by atoms with Crippen LogP contribution in [0.4, 0.5) is 0 Å². The Morgan fingerprint density at radius 3 is 2.76 bits per heavy atom. The molecule has 0 saturated carbocycles. The molecule has 2 aliphatic rings. The lowest BCUT2D eigenvalue weighted by atomic mass is 9.95. The Morgan fingerprint density at radius 1 is 1.24 bits per heavy atom. The first-order valence-electron chi connectivity index (χ1n) is 8.44. The Hall–Kier alpha value is -1.06. The Balaban J connectivity index is 1.61. The summed E-state index contributed by atoms with van der Waals surface area (Å²) in [6, 6.07) is 10.5. The van der Waals surface area contributed by atoms with Crippen LogP contribution in [-0.4, -0.2) is 37.2 Å². The fourth-order valence-corrected chi connectivity index (χ4v) is 3.95. The molecule has 1 aromatic carbocycles. The molecule has 0 unspecified atom stereocenters. The maximum absolute atomic E-state index is 5.25. The van der Waals surface area contributed by atoms with E-state index in [1.54, 1.807) is 7.11 Å². The van der Waals surface area contributed by atoms with Crippen molar-refractivity contribution < 1.29 is 4.74 Å². The smallest absolute Gasteiger partial charge is 0.118 e. The molecule has 0 spiro atoms. The fourth-order valence-electron chi connectivity index (χ4n) is 3.95. The molecule has 0 aliphatic carbocycles. The fraction of sp³-hybridized carbons (Fsp3) is 0.667. The summed E-state index contributed by atoms with van der Waals surface area (Å²) in [5.74, 6) is 0.938. The van der Waals surface area contributed by atoms with E-state index in [-0.39, 0.29) is 0 Å². The second-order valence-electron chi connectivity index (χ2n) is 6.45. The monoisotopic (exact) mass is 288 g/mol. The molecule has 0 bridgehead atoms. The van der Waals surface area contributed by atoms with Gasteiger partial charge in [0.05, 0.1) is 7.11 Å². The Kier molecular flexibility index (Phi) is 4.81. The van der Waals surface area contributed by atoms with E-state index in [1.807, 2.05) is 0 Å². The molecule has 21 heavy (non-hydrogen) atoms. The molecule has 3 atom stereocenters. The van der Waals surface area contributed by atoms with Crippen LogP contribution in [0, 0.1) is 0 Å². The van der Waals surface area contributed by atoms with Crippen molar-refractivity contribution in [3.63, 3.8) is 0 Å². The van der Waals surface area contributed by atoms with E-state index in [9.17, 15) is 0 Å². The van der Waals surface area contributed by atoms with E-state index in [4.69, 9.17) is 4.74 Å². The maximum atomic E-state index is 5.25. The number of hydrogen-bond donors (Lipinski definition) is 1. The van der Waals surface area contributed by atoms with Gasteiger partial charge < -0.3 is 15.0 Å². The Morgan fingerprint density at radius 2 is 2.05 bits per heavy atom. The summed E-state index contributed by atoms with van der Waals surface area (Å²) in [6.07, 6.45) is 6.55. The molecule has 1 aromatic rings. The van der Waals surface area contributed by atoms with Gasteiger partial charge in [0.15, 0.2) is 0 Å². The molecule has 1 N–H and O–H groups in total. The van der Waals surface area contributed by atoms with E-state index in [0.717, 1.165) is 18.2 Å². The number of piperidine rings is 1. The number of benzene rings is 1. The highest BCUT2D eigenvalue weighted by Crippen LogP contribution is 2.29. The van der Waals surface area contributed by atoms with E-state index in [1.165, 1.54) is 44.3 Å². The largest absolute Gasteiger partial charge is 0.497 e. The van der Waals surface area contributed by atoms with E-state index in [2.05, 4.69) is 41.4 Å². The summed E-state index contributed by atoms with van der Waals surface area (Å²) in [6.45, 7) is 4.88. The highest BCUT2D eigenvalue weighted by Gasteiger charge is 2.32. The lowest BCUT2D eigenvalue weighted by molar-refractivity contribution is 0.160. The first-order chi connectivity index (χ1) is 10.3. The Labute approximate surface area is 128 Å². The minimum atomic E-state index is 0.467. The minimum absolute atomic E-state index is 0.467. The highest BCUT2D eigenvalue weighted by atomic mass is 16.5. The lowest BCUT2D eigenvalue weighted by Gasteiger charge is -2.37. The first-order valence-corrected chi connectivity index (χ1v) is 8.44. The quantitative estimate of drug-likeness (QED) is 0.899. The van der Waals surface area contributed by atoms with Crippen molar-refractivity contribution in [3.05, 3.63) is 29.8 Å². The molecule has 3 nitrogen and oxygen atoms in total. The van der Waals surface area contributed by atoms with Gasteiger partial charge in [0, 0.05) is 18.1 Å². The van der Waals surface area contributed by atoms with Crippen LogP contribution in [0.15, 0.2) is 24.3 Å². The molecule has 2 heterocycles. The van der Waals surface area contributed by atoms with Crippen LogP contribution in [-0.2, 0) is 0 Å². The van der Waals surface area contributed by atoms with E-state index >= 15 is 0 Å². The van der Waals surface area contributed by atoms with Crippen molar-refractivity contribution in [2.24, 2.45) is 0 Å². The van der Waals surface area contributed by atoms with Gasteiger partial charge in [-0.3, -0.25) is 0 Å². The van der Waals surface area contributed by atoms with Crippen LogP contribution >= 0.6 is 0 Å². The van der Waals surface area contributed by atoms with Crippen molar-refractivity contribution in [1.29, 1.82) is 0 Å². The molecule has 116 valence electrons. The number of ether oxygens (including phenoxy) is 1. The van der Waals surface area contributed by atoms with Crippen molar-refractivity contribution in [3.8, 4) is 5.75 Å². The van der Waals surface area contributed by atoms with Gasteiger partial charge in [-0.05, 0) is 62.9 Å². The molecule has 3 rings (SSSR count). The van der Waals surface area contributed by atoms with Crippen molar-refractivity contribution >= 4 is 0 Å². The summed E-state index contributed by atoms with van der Waals surface area (Å²) in [5.41, 5.74) is 1.38. The van der Waals surface area contributed by atoms with Crippen molar-refractivity contribution in [2.45, 2.75) is 57.2 Å². The SMILES string of the molecule is CC[C@H](N[C@H]1CCN2CCC[C@H]2C1)c1ccc(OC)cc1. The van der Waals surface area contributed by atoms with Crippen LogP contribution in [0.3, 0.4) is 0 Å². The number of fused-ring (bicyclic) bond motifs is 1. The average Bonchev–Trinajstić information content (AvgIpc) is 3.00. The number of methoxy groups -OCH3 is 1. The van der Waals surface area contributed by atoms with Crippen LogP contribution < -0.4 is 10.1 Å². The van der Waals surface area contributed by atoms with Crippen LogP contribution in [0.5, 0.6) is 5.75 Å². The van der Waals surface area contributed by atoms with Crippen molar-refractivity contribution in [1.82, 2.24) is 10.2 Å². The van der Waals surface area contributed by atoms with Gasteiger partial charge in [0.2, 0.25) is 0 Å². The molecule has 0 aromatic heterocycles. The van der Waals surface area contributed by atoms with Gasteiger partial charge in [-0.15, -0.1) is 0 Å². The summed E-state index contributed by atoms with van der Waals surface area (Å²) in [7, 11) is 1.72. The maximum Gasteiger partial charge on any atom is 0.118 e. The topological polar surface area (TPSA) is 24.5 Å². The van der Waals surface area contributed by atoms with Gasteiger partial charge in [0.1, 0.15) is 5.75 Å². The van der Waals surface area contributed by atoms with E-state index < -0.39 is 0 Å². The second-order valence-corrected chi connectivity index (χ2v) is 6.45. The zero-order valence-electron chi connectivity index (χ0n) is 13.3. The van der Waals surface area contributed by atoms with Gasteiger partial charge >= 0.3 is 0 Å². The predicted molar refractivity (Wildman–Crippen MR) is 86.8 cm³/mol. The average molecular weight is 288 g/mol. The highest BCUT2D eigenvalue weighted by molar-refractivity contribution is 5.29. The summed E-state index contributed by atoms with van der Waals surface area (Å²) >= 11 is 0. The third kappa shape index (κ3) is 3.41. The van der Waals surface area contributed by atoms with Gasteiger partial charge in [0.25, 0.3) is 0 Å². The standard InChI is InChI=1S/C18H28N2O/c1-3-18(14-6-8-17(21-2)9-7-14)19-15-10-12-20-11-4-5-16(20)13-15/h6-9,15-16,18-19H,3-5,10-13H2,1-2H3/t15-,16-,18-/m0/s1. The summed E-state index contributed by atoms with van der Waals surface area (Å²) < 4.78 is 5.25. The summed E-state index contributed by atoms with van der Waals surface area (Å²) in [4.78, 5) is 2.69. The molecule has 2 saturated heterocycles. The number of nitrogens with one attached hydrogen (secondary N) is 1. The lowest BCUT2D eigenvalue weighted by Crippen LogP contribution is -2.46. The number of rotatable bonds is 5. The second kappa shape index (κ2) is 6.80.